The van der Waals surface area contributed by atoms with E-state index in [-0.39, 0.29) is 0 Å². The molecular weight excluding hydrogens is 320 g/mol. The summed E-state index contributed by atoms with van der Waals surface area (Å²) in [6, 6.07) is 21.6. The van der Waals surface area contributed by atoms with Gasteiger partial charge in [0.05, 0.1) is 11.2 Å². The van der Waals surface area contributed by atoms with Crippen molar-refractivity contribution in [2.24, 2.45) is 0 Å². The van der Waals surface area contributed by atoms with Gasteiger partial charge in [0.1, 0.15) is 11.3 Å². The van der Waals surface area contributed by atoms with Gasteiger partial charge in [-0.15, -0.1) is 0 Å². The van der Waals surface area contributed by atoms with E-state index in [9.17, 15) is 0 Å². The molecule has 0 atom stereocenters. The van der Waals surface area contributed by atoms with Crippen molar-refractivity contribution in [1.29, 1.82) is 0 Å². The van der Waals surface area contributed by atoms with Crippen molar-refractivity contribution >= 4 is 27.5 Å². The van der Waals surface area contributed by atoms with Crippen molar-refractivity contribution in [1.82, 2.24) is 15.3 Å². The number of benzene rings is 3. The number of para-hydroxylation sites is 1. The lowest BCUT2D eigenvalue weighted by Crippen LogP contribution is -2.43. The molecule has 0 radical (unpaired) electrons. The Morgan fingerprint density at radius 1 is 0.885 bits per heavy atom. The number of aromatic amines is 1. The fourth-order valence-corrected chi connectivity index (χ4v) is 3.85. The molecular formula is C22H22N4. The summed E-state index contributed by atoms with van der Waals surface area (Å²) in [5.41, 5.74) is 4.73. The van der Waals surface area contributed by atoms with E-state index in [1.807, 2.05) is 0 Å². The van der Waals surface area contributed by atoms with E-state index in [4.69, 9.17) is 4.98 Å². The third-order valence-corrected chi connectivity index (χ3v) is 5.18. The van der Waals surface area contributed by atoms with Gasteiger partial charge in [-0.25, -0.2) is 4.98 Å². The van der Waals surface area contributed by atoms with Gasteiger partial charge in [-0.3, -0.25) is 0 Å². The number of nitrogens with one attached hydrogen (secondary N) is 2. The van der Waals surface area contributed by atoms with Gasteiger partial charge >= 0.3 is 0 Å². The number of rotatable bonds is 3. The van der Waals surface area contributed by atoms with Crippen molar-refractivity contribution < 1.29 is 0 Å². The van der Waals surface area contributed by atoms with Crippen LogP contribution in [0.5, 0.6) is 0 Å². The number of fused-ring (bicyclic) bond motifs is 2. The molecule has 0 unspecified atom stereocenters. The van der Waals surface area contributed by atoms with E-state index < -0.39 is 0 Å². The molecule has 26 heavy (non-hydrogen) atoms. The van der Waals surface area contributed by atoms with Crippen LogP contribution in [-0.2, 0) is 6.42 Å². The maximum absolute atomic E-state index is 4.95. The smallest absolute Gasteiger partial charge is 0.112 e. The molecule has 130 valence electrons. The van der Waals surface area contributed by atoms with Crippen molar-refractivity contribution in [2.45, 2.75) is 6.42 Å². The summed E-state index contributed by atoms with van der Waals surface area (Å²) < 4.78 is 0. The summed E-state index contributed by atoms with van der Waals surface area (Å²) in [6.07, 6.45) is 0.820. The van der Waals surface area contributed by atoms with E-state index in [1.165, 1.54) is 22.0 Å². The van der Waals surface area contributed by atoms with Crippen LogP contribution in [0.15, 0.2) is 60.7 Å². The van der Waals surface area contributed by atoms with Gasteiger partial charge < -0.3 is 15.2 Å². The molecule has 1 aliphatic rings. The number of piperazine rings is 1. The highest BCUT2D eigenvalue weighted by Gasteiger charge is 2.15. The van der Waals surface area contributed by atoms with Crippen molar-refractivity contribution in [3.05, 3.63) is 72.1 Å². The maximum atomic E-state index is 4.95. The molecule has 0 saturated carbocycles. The fourth-order valence-electron chi connectivity index (χ4n) is 3.85. The van der Waals surface area contributed by atoms with Crippen LogP contribution in [-0.4, -0.2) is 36.1 Å². The molecule has 1 saturated heterocycles. The minimum atomic E-state index is 0.820. The minimum absolute atomic E-state index is 0.820. The first-order valence-corrected chi connectivity index (χ1v) is 9.28. The Morgan fingerprint density at radius 2 is 1.73 bits per heavy atom. The van der Waals surface area contributed by atoms with Gasteiger partial charge in [0.15, 0.2) is 0 Å². The first-order chi connectivity index (χ1) is 12.9. The summed E-state index contributed by atoms with van der Waals surface area (Å²) in [7, 11) is 0. The maximum Gasteiger partial charge on any atom is 0.112 e. The van der Waals surface area contributed by atoms with Crippen molar-refractivity contribution in [3.63, 3.8) is 0 Å². The van der Waals surface area contributed by atoms with Crippen molar-refractivity contribution in [2.75, 3.05) is 31.1 Å². The molecule has 4 nitrogen and oxygen atoms in total. The Bertz CT molecular complexity index is 1060. The molecule has 2 heterocycles. The Balaban J connectivity index is 1.48. The molecule has 5 rings (SSSR count). The molecule has 0 amide bonds. The average Bonchev–Trinajstić information content (AvgIpc) is 3.11. The predicted molar refractivity (Wildman–Crippen MR) is 108 cm³/mol. The Kier molecular flexibility index (Phi) is 3.83. The van der Waals surface area contributed by atoms with E-state index in [1.54, 1.807) is 0 Å². The second kappa shape index (κ2) is 6.46. The normalized spacial score (nSPS) is 15.0. The zero-order valence-electron chi connectivity index (χ0n) is 14.7. The molecule has 0 bridgehead atoms. The highest BCUT2D eigenvalue weighted by atomic mass is 15.2. The standard InChI is InChI=1S/C22H22N4/c1-2-5-18-14-16(8-9-17(18)4-1)15-21-24-19-6-3-7-20(22(19)25-21)26-12-10-23-11-13-26/h1-9,14,23H,10-13,15H2,(H,24,25). The summed E-state index contributed by atoms with van der Waals surface area (Å²) in [6.45, 7) is 4.13. The van der Waals surface area contributed by atoms with Crippen LogP contribution in [0.2, 0.25) is 0 Å². The quantitative estimate of drug-likeness (QED) is 0.596. The van der Waals surface area contributed by atoms with Gasteiger partial charge in [-0.1, -0.05) is 48.5 Å². The monoisotopic (exact) mass is 342 g/mol. The lowest BCUT2D eigenvalue weighted by Gasteiger charge is -2.29. The number of nitrogens with zero attached hydrogens (tertiary/aromatic N) is 2. The van der Waals surface area contributed by atoms with Crippen molar-refractivity contribution in [3.8, 4) is 0 Å². The SMILES string of the molecule is c1ccc2cc(Cc3nc4c(N5CCNCC5)cccc4[nH]3)ccc2c1. The Labute approximate surface area is 152 Å². The number of hydrogen-bond acceptors (Lipinski definition) is 3. The average molecular weight is 342 g/mol. The number of anilines is 1. The van der Waals surface area contributed by atoms with E-state index in [0.717, 1.165) is 49.5 Å². The number of aromatic nitrogens is 2. The van der Waals surface area contributed by atoms with E-state index >= 15 is 0 Å². The molecule has 3 aromatic carbocycles. The minimum Gasteiger partial charge on any atom is -0.367 e. The molecule has 1 aromatic heterocycles. The van der Waals surface area contributed by atoms with Gasteiger partial charge in [0.2, 0.25) is 0 Å². The second-order valence-electron chi connectivity index (χ2n) is 6.95. The van der Waals surface area contributed by atoms with Crippen LogP contribution in [0, 0.1) is 0 Å². The highest BCUT2D eigenvalue weighted by molar-refractivity contribution is 5.89. The Hall–Kier alpha value is -2.85. The lowest BCUT2D eigenvalue weighted by molar-refractivity contribution is 0.590. The van der Waals surface area contributed by atoms with E-state index in [2.05, 4.69) is 75.9 Å². The van der Waals surface area contributed by atoms with Crippen LogP contribution in [0.25, 0.3) is 21.8 Å². The lowest BCUT2D eigenvalue weighted by atomic mass is 10.1. The number of H-pyrrole nitrogens is 1. The van der Waals surface area contributed by atoms with Crippen LogP contribution in [0.3, 0.4) is 0 Å². The zero-order chi connectivity index (χ0) is 17.3. The topological polar surface area (TPSA) is 44.0 Å². The molecule has 0 spiro atoms. The summed E-state index contributed by atoms with van der Waals surface area (Å²) in [5.74, 6) is 1.03. The molecule has 1 fully saturated rings. The number of hydrogen-bond donors (Lipinski definition) is 2. The second-order valence-corrected chi connectivity index (χ2v) is 6.95. The van der Waals surface area contributed by atoms with E-state index in [0.29, 0.717) is 0 Å². The van der Waals surface area contributed by atoms with Crippen LogP contribution >= 0.6 is 0 Å². The fraction of sp³-hybridized carbons (Fsp3) is 0.227. The first kappa shape index (κ1) is 15.4. The number of imidazole rings is 1. The van der Waals surface area contributed by atoms with Gasteiger partial charge in [-0.05, 0) is 28.5 Å². The van der Waals surface area contributed by atoms with Gasteiger partial charge in [0, 0.05) is 32.6 Å². The third kappa shape index (κ3) is 2.82. The van der Waals surface area contributed by atoms with Crippen LogP contribution < -0.4 is 10.2 Å². The predicted octanol–water partition coefficient (Wildman–Crippen LogP) is 3.72. The van der Waals surface area contributed by atoms with Crippen LogP contribution in [0.4, 0.5) is 5.69 Å². The highest BCUT2D eigenvalue weighted by Crippen LogP contribution is 2.26. The van der Waals surface area contributed by atoms with Crippen LogP contribution in [0.1, 0.15) is 11.4 Å². The molecule has 4 heteroatoms. The zero-order valence-corrected chi connectivity index (χ0v) is 14.7. The molecule has 1 aliphatic heterocycles. The Morgan fingerprint density at radius 3 is 2.62 bits per heavy atom. The third-order valence-electron chi connectivity index (χ3n) is 5.18. The summed E-state index contributed by atoms with van der Waals surface area (Å²) in [4.78, 5) is 10.9. The van der Waals surface area contributed by atoms with Gasteiger partial charge in [-0.2, -0.15) is 0 Å². The van der Waals surface area contributed by atoms with Gasteiger partial charge in [0.25, 0.3) is 0 Å². The molecule has 4 aromatic rings. The molecule has 2 N–H and O–H groups in total. The summed E-state index contributed by atoms with van der Waals surface area (Å²) >= 11 is 0. The molecule has 0 aliphatic carbocycles. The summed E-state index contributed by atoms with van der Waals surface area (Å²) in [5, 5.41) is 5.97. The largest absolute Gasteiger partial charge is 0.367 e. The first-order valence-electron chi connectivity index (χ1n) is 9.28.